The van der Waals surface area contributed by atoms with Crippen molar-refractivity contribution in [2.24, 2.45) is 5.92 Å². The first-order valence-electron chi connectivity index (χ1n) is 6.69. The van der Waals surface area contributed by atoms with Crippen LogP contribution in [0, 0.1) is 12.8 Å². The molecule has 0 spiro atoms. The van der Waals surface area contributed by atoms with Gasteiger partial charge in [0.1, 0.15) is 10.6 Å². The van der Waals surface area contributed by atoms with Crippen molar-refractivity contribution in [2.75, 3.05) is 7.11 Å². The van der Waals surface area contributed by atoms with Crippen molar-refractivity contribution < 1.29 is 19.4 Å². The van der Waals surface area contributed by atoms with Gasteiger partial charge in [0.05, 0.1) is 13.0 Å². The maximum absolute atomic E-state index is 12.2. The smallest absolute Gasteiger partial charge is 0.306 e. The maximum Gasteiger partial charge on any atom is 0.306 e. The molecule has 110 valence electrons. The Labute approximate surface area is 121 Å². The minimum atomic E-state index is -0.731. The van der Waals surface area contributed by atoms with Crippen LogP contribution in [0.15, 0.2) is 6.07 Å². The average Bonchev–Trinajstić information content (AvgIpc) is 2.80. The predicted octanol–water partition coefficient (Wildman–Crippen LogP) is 2.44. The Morgan fingerprint density at radius 2 is 2.00 bits per heavy atom. The summed E-state index contributed by atoms with van der Waals surface area (Å²) in [7, 11) is 1.55. The summed E-state index contributed by atoms with van der Waals surface area (Å²) in [4.78, 5) is 24.7. The zero-order valence-corrected chi connectivity index (χ0v) is 12.5. The monoisotopic (exact) mass is 297 g/mol. The van der Waals surface area contributed by atoms with Crippen LogP contribution >= 0.6 is 11.3 Å². The third-order valence-electron chi connectivity index (χ3n) is 3.66. The lowest BCUT2D eigenvalue weighted by Crippen LogP contribution is -2.38. The summed E-state index contributed by atoms with van der Waals surface area (Å²) < 4.78 is 5.20. The Balaban J connectivity index is 1.94. The third-order valence-corrected chi connectivity index (χ3v) is 4.69. The molecule has 6 heteroatoms. The number of hydrogen-bond acceptors (Lipinski definition) is 4. The lowest BCUT2D eigenvalue weighted by Gasteiger charge is -2.26. The molecule has 2 N–H and O–H groups in total. The van der Waals surface area contributed by atoms with E-state index < -0.39 is 5.97 Å². The average molecular weight is 297 g/mol. The molecule has 0 aliphatic heterocycles. The van der Waals surface area contributed by atoms with Crippen molar-refractivity contribution in [2.45, 2.75) is 38.6 Å². The number of ether oxygens (including phenoxy) is 1. The molecule has 20 heavy (non-hydrogen) atoms. The molecule has 2 rings (SSSR count). The standard InChI is InChI=1S/C14H19NO4S/c1-8-7-11(19-2)12(20-8)13(16)15-10-5-3-9(4-6-10)14(17)18/h7,9-10H,3-6H2,1-2H3,(H,15,16)(H,17,18). The van der Waals surface area contributed by atoms with Crippen LogP contribution in [0.5, 0.6) is 5.75 Å². The number of nitrogens with one attached hydrogen (secondary N) is 1. The Kier molecular flexibility index (Phi) is 4.65. The lowest BCUT2D eigenvalue weighted by atomic mass is 9.86. The van der Waals surface area contributed by atoms with Crippen LogP contribution < -0.4 is 10.1 Å². The van der Waals surface area contributed by atoms with E-state index in [9.17, 15) is 9.59 Å². The molecule has 0 unspecified atom stereocenters. The normalized spacial score (nSPS) is 22.3. The molecular formula is C14H19NO4S. The molecule has 1 heterocycles. The molecule has 1 aliphatic rings. The number of methoxy groups -OCH3 is 1. The van der Waals surface area contributed by atoms with Crippen molar-refractivity contribution in [1.29, 1.82) is 0 Å². The van der Waals surface area contributed by atoms with Gasteiger partial charge in [0.25, 0.3) is 5.91 Å². The first-order valence-corrected chi connectivity index (χ1v) is 7.51. The summed E-state index contributed by atoms with van der Waals surface area (Å²) >= 11 is 1.41. The van der Waals surface area contributed by atoms with Gasteiger partial charge in [-0.25, -0.2) is 0 Å². The highest BCUT2D eigenvalue weighted by atomic mass is 32.1. The van der Waals surface area contributed by atoms with E-state index in [0.717, 1.165) is 17.7 Å². The number of amides is 1. The summed E-state index contributed by atoms with van der Waals surface area (Å²) in [6.45, 7) is 1.93. The molecule has 1 aromatic heterocycles. The van der Waals surface area contributed by atoms with Gasteiger partial charge in [0, 0.05) is 10.9 Å². The second-order valence-corrected chi connectivity index (χ2v) is 6.37. The molecule has 0 radical (unpaired) electrons. The minimum absolute atomic E-state index is 0.0604. The van der Waals surface area contributed by atoms with Gasteiger partial charge in [-0.15, -0.1) is 11.3 Å². The lowest BCUT2D eigenvalue weighted by molar-refractivity contribution is -0.142. The fraction of sp³-hybridized carbons (Fsp3) is 0.571. The van der Waals surface area contributed by atoms with E-state index in [0.29, 0.717) is 23.5 Å². The molecule has 0 bridgehead atoms. The van der Waals surface area contributed by atoms with Gasteiger partial charge < -0.3 is 15.2 Å². The number of thiophene rings is 1. The molecule has 1 aromatic rings. The van der Waals surface area contributed by atoms with E-state index in [2.05, 4.69) is 5.32 Å². The molecule has 5 nitrogen and oxygen atoms in total. The first-order chi connectivity index (χ1) is 9.51. The summed E-state index contributed by atoms with van der Waals surface area (Å²) in [6, 6.07) is 1.91. The maximum atomic E-state index is 12.2. The SMILES string of the molecule is COc1cc(C)sc1C(=O)NC1CCC(C(=O)O)CC1. The Morgan fingerprint density at radius 3 is 2.55 bits per heavy atom. The van der Waals surface area contributed by atoms with E-state index in [-0.39, 0.29) is 17.9 Å². The Morgan fingerprint density at radius 1 is 1.35 bits per heavy atom. The number of carbonyl (C=O) groups excluding carboxylic acids is 1. The molecule has 1 amide bonds. The van der Waals surface area contributed by atoms with Crippen LogP contribution in [-0.2, 0) is 4.79 Å². The fourth-order valence-electron chi connectivity index (χ4n) is 2.54. The summed E-state index contributed by atoms with van der Waals surface area (Å²) in [5.74, 6) is -0.519. The van der Waals surface area contributed by atoms with Gasteiger partial charge in [-0.1, -0.05) is 0 Å². The van der Waals surface area contributed by atoms with Gasteiger partial charge in [0.2, 0.25) is 0 Å². The molecule has 0 atom stereocenters. The first kappa shape index (κ1) is 14.8. The van der Waals surface area contributed by atoms with Gasteiger partial charge in [-0.2, -0.15) is 0 Å². The second-order valence-electron chi connectivity index (χ2n) is 5.11. The zero-order valence-electron chi connectivity index (χ0n) is 11.6. The van der Waals surface area contributed by atoms with Gasteiger partial charge in [-0.3, -0.25) is 9.59 Å². The van der Waals surface area contributed by atoms with Crippen molar-refractivity contribution in [3.8, 4) is 5.75 Å². The summed E-state index contributed by atoms with van der Waals surface area (Å²) in [6.07, 6.45) is 2.69. The van der Waals surface area contributed by atoms with Crippen LogP contribution in [0.4, 0.5) is 0 Å². The van der Waals surface area contributed by atoms with Crippen molar-refractivity contribution >= 4 is 23.2 Å². The zero-order chi connectivity index (χ0) is 14.7. The van der Waals surface area contributed by atoms with E-state index >= 15 is 0 Å². The van der Waals surface area contributed by atoms with E-state index in [1.165, 1.54) is 11.3 Å². The van der Waals surface area contributed by atoms with Crippen LogP contribution in [-0.4, -0.2) is 30.1 Å². The van der Waals surface area contributed by atoms with Crippen molar-refractivity contribution in [1.82, 2.24) is 5.32 Å². The van der Waals surface area contributed by atoms with Gasteiger partial charge >= 0.3 is 5.97 Å². The molecule has 0 saturated heterocycles. The van der Waals surface area contributed by atoms with Crippen molar-refractivity contribution in [3.05, 3.63) is 15.8 Å². The topological polar surface area (TPSA) is 75.6 Å². The number of carbonyl (C=O) groups is 2. The summed E-state index contributed by atoms with van der Waals surface area (Å²) in [5, 5.41) is 11.9. The molecule has 1 saturated carbocycles. The number of carboxylic acids is 1. The number of aliphatic carboxylic acids is 1. The van der Waals surface area contributed by atoms with Gasteiger partial charge in [-0.05, 0) is 38.7 Å². The molecule has 1 aliphatic carbocycles. The quantitative estimate of drug-likeness (QED) is 0.895. The van der Waals surface area contributed by atoms with Crippen LogP contribution in [0.2, 0.25) is 0 Å². The molecule has 1 fully saturated rings. The third kappa shape index (κ3) is 3.30. The Bertz CT molecular complexity index is 503. The van der Waals surface area contributed by atoms with Gasteiger partial charge in [0.15, 0.2) is 0 Å². The highest BCUT2D eigenvalue weighted by Crippen LogP contribution is 2.30. The number of aryl methyl sites for hydroxylation is 1. The fourth-order valence-corrected chi connectivity index (χ4v) is 3.42. The van der Waals surface area contributed by atoms with E-state index in [1.54, 1.807) is 7.11 Å². The number of hydrogen-bond donors (Lipinski definition) is 2. The van der Waals surface area contributed by atoms with Crippen LogP contribution in [0.1, 0.15) is 40.2 Å². The molecular weight excluding hydrogens is 278 g/mol. The largest absolute Gasteiger partial charge is 0.495 e. The van der Waals surface area contributed by atoms with Crippen LogP contribution in [0.25, 0.3) is 0 Å². The highest BCUT2D eigenvalue weighted by Gasteiger charge is 2.27. The Hall–Kier alpha value is -1.56. The van der Waals surface area contributed by atoms with E-state index in [4.69, 9.17) is 9.84 Å². The van der Waals surface area contributed by atoms with E-state index in [1.807, 2.05) is 13.0 Å². The summed E-state index contributed by atoms with van der Waals surface area (Å²) in [5.41, 5.74) is 0. The van der Waals surface area contributed by atoms with Crippen molar-refractivity contribution in [3.63, 3.8) is 0 Å². The predicted molar refractivity (Wildman–Crippen MR) is 76.5 cm³/mol. The number of carboxylic acid groups (broad SMARTS) is 1. The molecule has 0 aromatic carbocycles. The highest BCUT2D eigenvalue weighted by molar-refractivity contribution is 7.14. The van der Waals surface area contributed by atoms with Crippen LogP contribution in [0.3, 0.4) is 0 Å². The minimum Gasteiger partial charge on any atom is -0.495 e. The number of rotatable bonds is 4. The second kappa shape index (κ2) is 6.26.